The van der Waals surface area contributed by atoms with Crippen LogP contribution in [-0.4, -0.2) is 33.9 Å². The molecule has 2 N–H and O–H groups in total. The number of piperidine rings is 1. The van der Waals surface area contributed by atoms with E-state index < -0.39 is 0 Å². The van der Waals surface area contributed by atoms with Gasteiger partial charge in [0.05, 0.1) is 16.8 Å². The lowest BCUT2D eigenvalue weighted by atomic mass is 10.1. The van der Waals surface area contributed by atoms with Crippen LogP contribution >= 0.6 is 23.3 Å². The molecule has 0 saturated carbocycles. The molecule has 1 saturated heterocycles. The van der Waals surface area contributed by atoms with Crippen LogP contribution in [0.4, 0.5) is 5.69 Å². The normalized spacial score (nSPS) is 14.3. The third-order valence-corrected chi connectivity index (χ3v) is 6.52. The molecule has 0 unspecified atom stereocenters. The highest BCUT2D eigenvalue weighted by molar-refractivity contribution is 8.02. The maximum absolute atomic E-state index is 12.5. The number of aromatic nitrogens is 2. The summed E-state index contributed by atoms with van der Waals surface area (Å²) < 4.78 is 4.09. The first kappa shape index (κ1) is 17.9. The highest BCUT2D eigenvalue weighted by Crippen LogP contribution is 2.32. The number of amides is 1. The number of benzene rings is 1. The third-order valence-electron chi connectivity index (χ3n) is 4.76. The number of thiazole rings is 1. The Kier molecular flexibility index (Phi) is 5.05. The summed E-state index contributed by atoms with van der Waals surface area (Å²) >= 11 is 2.84. The SMILES string of the molecule is Cc1ccc(NSc2nc(C(=O)N3CCCCC3)cs2)c2[nH]cc(C#N)c12. The molecular formula is C19H19N5OS2. The molecule has 138 valence electrons. The molecule has 0 atom stereocenters. The van der Waals surface area contributed by atoms with Crippen molar-refractivity contribution in [1.82, 2.24) is 14.9 Å². The van der Waals surface area contributed by atoms with E-state index in [1.165, 1.54) is 29.7 Å². The lowest BCUT2D eigenvalue weighted by Crippen LogP contribution is -2.35. The van der Waals surface area contributed by atoms with E-state index in [4.69, 9.17) is 0 Å². The van der Waals surface area contributed by atoms with Crippen molar-refractivity contribution in [3.8, 4) is 6.07 Å². The minimum Gasteiger partial charge on any atom is -0.358 e. The van der Waals surface area contributed by atoms with E-state index in [2.05, 4.69) is 20.8 Å². The van der Waals surface area contributed by atoms with Gasteiger partial charge in [-0.05, 0) is 37.8 Å². The summed E-state index contributed by atoms with van der Waals surface area (Å²) in [5.74, 6) is 0.0264. The molecule has 1 aliphatic rings. The van der Waals surface area contributed by atoms with Crippen molar-refractivity contribution in [3.63, 3.8) is 0 Å². The van der Waals surface area contributed by atoms with Crippen LogP contribution in [0.2, 0.25) is 0 Å². The van der Waals surface area contributed by atoms with Gasteiger partial charge in [-0.15, -0.1) is 11.3 Å². The molecule has 4 rings (SSSR count). The molecule has 27 heavy (non-hydrogen) atoms. The van der Waals surface area contributed by atoms with Crippen LogP contribution in [0.25, 0.3) is 10.9 Å². The Morgan fingerprint density at radius 3 is 2.96 bits per heavy atom. The summed E-state index contributed by atoms with van der Waals surface area (Å²) in [5.41, 5.74) is 4.01. The Labute approximate surface area is 165 Å². The summed E-state index contributed by atoms with van der Waals surface area (Å²) in [6.07, 6.45) is 5.07. The Balaban J connectivity index is 1.48. The molecular weight excluding hydrogens is 378 g/mol. The number of fused-ring (bicyclic) bond motifs is 1. The van der Waals surface area contributed by atoms with Gasteiger partial charge in [-0.2, -0.15) is 5.26 Å². The molecule has 0 bridgehead atoms. The van der Waals surface area contributed by atoms with E-state index >= 15 is 0 Å². The summed E-state index contributed by atoms with van der Waals surface area (Å²) in [6.45, 7) is 3.65. The molecule has 0 aliphatic carbocycles. The van der Waals surface area contributed by atoms with Gasteiger partial charge in [0.1, 0.15) is 11.8 Å². The van der Waals surface area contributed by atoms with Crippen LogP contribution in [0.1, 0.15) is 40.9 Å². The molecule has 1 fully saturated rings. The predicted molar refractivity (Wildman–Crippen MR) is 109 cm³/mol. The Morgan fingerprint density at radius 2 is 2.19 bits per heavy atom. The fraction of sp³-hybridized carbons (Fsp3) is 0.316. The minimum atomic E-state index is 0.0264. The monoisotopic (exact) mass is 397 g/mol. The maximum Gasteiger partial charge on any atom is 0.273 e. The number of aromatic amines is 1. The zero-order valence-electron chi connectivity index (χ0n) is 14.9. The number of nitrogens with zero attached hydrogens (tertiary/aromatic N) is 3. The molecule has 0 radical (unpaired) electrons. The van der Waals surface area contributed by atoms with E-state index in [0.717, 1.165) is 52.4 Å². The Bertz CT molecular complexity index is 1030. The number of carbonyl (C=O) groups is 1. The van der Waals surface area contributed by atoms with Gasteiger partial charge < -0.3 is 14.6 Å². The fourth-order valence-electron chi connectivity index (χ4n) is 3.35. The quantitative estimate of drug-likeness (QED) is 0.631. The van der Waals surface area contributed by atoms with Crippen LogP contribution in [-0.2, 0) is 0 Å². The number of aryl methyl sites for hydroxylation is 1. The molecule has 1 aliphatic heterocycles. The largest absolute Gasteiger partial charge is 0.358 e. The molecule has 1 aromatic carbocycles. The highest BCUT2D eigenvalue weighted by Gasteiger charge is 2.21. The zero-order valence-corrected chi connectivity index (χ0v) is 16.5. The second-order valence-corrected chi connectivity index (χ2v) is 8.46. The standard InChI is InChI=1S/C19H19N5OS2/c1-12-5-6-14(17-16(12)13(9-20)10-21-17)23-27-19-22-15(11-26-19)18(25)24-7-3-2-4-8-24/h5-6,10-11,21,23H,2-4,7-8H2,1H3. The van der Waals surface area contributed by atoms with E-state index in [9.17, 15) is 10.1 Å². The van der Waals surface area contributed by atoms with Gasteiger partial charge in [0.25, 0.3) is 5.91 Å². The van der Waals surface area contributed by atoms with E-state index in [1.807, 2.05) is 29.3 Å². The van der Waals surface area contributed by atoms with Gasteiger partial charge in [-0.3, -0.25) is 4.79 Å². The molecule has 2 aromatic heterocycles. The van der Waals surface area contributed by atoms with Gasteiger partial charge in [0, 0.05) is 42.0 Å². The van der Waals surface area contributed by atoms with Crippen LogP contribution in [0, 0.1) is 18.3 Å². The smallest absolute Gasteiger partial charge is 0.273 e. The molecule has 6 nitrogen and oxygen atoms in total. The average Bonchev–Trinajstić information content (AvgIpc) is 3.35. The van der Waals surface area contributed by atoms with Crippen molar-refractivity contribution in [1.29, 1.82) is 5.26 Å². The lowest BCUT2D eigenvalue weighted by Gasteiger charge is -2.25. The van der Waals surface area contributed by atoms with E-state index in [-0.39, 0.29) is 5.91 Å². The first-order valence-electron chi connectivity index (χ1n) is 8.86. The van der Waals surface area contributed by atoms with Gasteiger partial charge in [0.15, 0.2) is 4.34 Å². The second-order valence-electron chi connectivity index (χ2n) is 6.55. The summed E-state index contributed by atoms with van der Waals surface area (Å²) in [6, 6.07) is 6.20. The molecule has 3 aromatic rings. The maximum atomic E-state index is 12.5. The van der Waals surface area contributed by atoms with Crippen molar-refractivity contribution < 1.29 is 4.79 Å². The first-order valence-corrected chi connectivity index (χ1v) is 10.6. The van der Waals surface area contributed by atoms with Gasteiger partial charge >= 0.3 is 0 Å². The number of hydrogen-bond donors (Lipinski definition) is 2. The van der Waals surface area contributed by atoms with Gasteiger partial charge in [-0.1, -0.05) is 6.07 Å². The fourth-order valence-corrected chi connectivity index (χ4v) is 4.84. The number of rotatable bonds is 4. The van der Waals surface area contributed by atoms with Crippen molar-refractivity contribution in [2.45, 2.75) is 30.5 Å². The third kappa shape index (κ3) is 3.53. The van der Waals surface area contributed by atoms with E-state index in [0.29, 0.717) is 11.3 Å². The molecule has 3 heterocycles. The second kappa shape index (κ2) is 7.62. The number of likely N-dealkylation sites (tertiary alicyclic amines) is 1. The van der Waals surface area contributed by atoms with Gasteiger partial charge in [-0.25, -0.2) is 4.98 Å². The van der Waals surface area contributed by atoms with Crippen LogP contribution in [0.3, 0.4) is 0 Å². The minimum absolute atomic E-state index is 0.0264. The number of hydrogen-bond acceptors (Lipinski definition) is 6. The van der Waals surface area contributed by atoms with Crippen LogP contribution < -0.4 is 4.72 Å². The summed E-state index contributed by atoms with van der Waals surface area (Å²) in [7, 11) is 0. The lowest BCUT2D eigenvalue weighted by molar-refractivity contribution is 0.0718. The highest BCUT2D eigenvalue weighted by atomic mass is 32.2. The van der Waals surface area contributed by atoms with Crippen LogP contribution in [0.15, 0.2) is 28.0 Å². The summed E-state index contributed by atoms with van der Waals surface area (Å²) in [5, 5.41) is 12.0. The van der Waals surface area contributed by atoms with Crippen molar-refractivity contribution in [2.24, 2.45) is 0 Å². The number of nitrogens with one attached hydrogen (secondary N) is 2. The predicted octanol–water partition coefficient (Wildman–Crippen LogP) is 4.55. The van der Waals surface area contributed by atoms with Gasteiger partial charge in [0.2, 0.25) is 0 Å². The summed E-state index contributed by atoms with van der Waals surface area (Å²) in [4.78, 5) is 22.1. The zero-order chi connectivity index (χ0) is 18.8. The number of anilines is 1. The molecule has 8 heteroatoms. The Morgan fingerprint density at radius 1 is 1.37 bits per heavy atom. The average molecular weight is 398 g/mol. The van der Waals surface area contributed by atoms with Crippen molar-refractivity contribution in [2.75, 3.05) is 17.8 Å². The topological polar surface area (TPSA) is 84.8 Å². The number of carbonyl (C=O) groups excluding carboxylic acids is 1. The van der Waals surface area contributed by atoms with E-state index in [1.54, 1.807) is 6.20 Å². The first-order chi connectivity index (χ1) is 13.2. The van der Waals surface area contributed by atoms with Crippen molar-refractivity contribution >= 4 is 45.8 Å². The van der Waals surface area contributed by atoms with Crippen molar-refractivity contribution in [3.05, 3.63) is 40.5 Å². The number of nitriles is 1. The van der Waals surface area contributed by atoms with Crippen LogP contribution in [0.5, 0.6) is 0 Å². The number of H-pyrrole nitrogens is 1. The molecule has 0 spiro atoms. The Hall–Kier alpha value is -2.50. The molecule has 1 amide bonds.